The van der Waals surface area contributed by atoms with Crippen molar-refractivity contribution >= 4 is 46.4 Å². The monoisotopic (exact) mass is 404 g/mol. The van der Waals surface area contributed by atoms with Gasteiger partial charge in [0, 0.05) is 29.6 Å². The van der Waals surface area contributed by atoms with Gasteiger partial charge in [-0.15, -0.1) is 16.4 Å². The lowest BCUT2D eigenvalue weighted by atomic mass is 10.0. The van der Waals surface area contributed by atoms with Gasteiger partial charge in [0.25, 0.3) is 5.91 Å². The highest BCUT2D eigenvalue weighted by Crippen LogP contribution is 2.34. The Labute approximate surface area is 162 Å². The lowest BCUT2D eigenvalue weighted by Gasteiger charge is -2.29. The number of imide groups is 1. The van der Waals surface area contributed by atoms with Crippen molar-refractivity contribution in [2.75, 3.05) is 0 Å². The molecule has 2 aromatic heterocycles. The third-order valence-electron chi connectivity index (χ3n) is 4.87. The molecule has 2 aliphatic heterocycles. The topological polar surface area (TPSA) is 109 Å². The first kappa shape index (κ1) is 17.9. The highest BCUT2D eigenvalue weighted by Gasteiger charge is 2.40. The molecule has 1 N–H and O–H groups in total. The SMILES string of the molecule is Cc1nnsc1C(=O)CCc1scc2c1CN(C1CCC(=O)NC1=O)C2=O. The zero-order valence-corrected chi connectivity index (χ0v) is 16.1. The minimum absolute atomic E-state index is 0.00370. The number of Topliss-reactive ketones (excluding diaryl/α,β-unsaturated/α-hetero) is 1. The van der Waals surface area contributed by atoms with E-state index < -0.39 is 11.9 Å². The average Bonchev–Trinajstić information content (AvgIpc) is 3.31. The second-order valence-electron chi connectivity index (χ2n) is 6.56. The molecular formula is C17H16N4O4S2. The number of carbonyl (C=O) groups is 4. The Hall–Kier alpha value is -2.46. The molecule has 4 rings (SSSR count). The zero-order valence-electron chi connectivity index (χ0n) is 14.5. The summed E-state index contributed by atoms with van der Waals surface area (Å²) >= 11 is 2.57. The number of fused-ring (bicyclic) bond motifs is 1. The Balaban J connectivity index is 1.46. The van der Waals surface area contributed by atoms with E-state index in [0.717, 1.165) is 22.0 Å². The number of ketones is 1. The fraction of sp³-hybridized carbons (Fsp3) is 0.412. The van der Waals surface area contributed by atoms with Crippen molar-refractivity contribution in [1.82, 2.24) is 19.8 Å². The minimum atomic E-state index is -0.618. The van der Waals surface area contributed by atoms with Gasteiger partial charge < -0.3 is 4.90 Å². The fourth-order valence-corrected chi connectivity index (χ4v) is 5.10. The molecule has 0 aliphatic carbocycles. The molecule has 0 aromatic carbocycles. The van der Waals surface area contributed by atoms with Gasteiger partial charge in [-0.1, -0.05) is 4.49 Å². The van der Waals surface area contributed by atoms with Crippen molar-refractivity contribution in [2.24, 2.45) is 0 Å². The normalized spacial score (nSPS) is 19.4. The maximum absolute atomic E-state index is 12.7. The number of nitrogens with one attached hydrogen (secondary N) is 1. The molecule has 1 atom stereocenters. The van der Waals surface area contributed by atoms with Crippen molar-refractivity contribution in [2.45, 2.75) is 45.2 Å². The maximum atomic E-state index is 12.7. The molecule has 4 heterocycles. The highest BCUT2D eigenvalue weighted by atomic mass is 32.1. The van der Waals surface area contributed by atoms with Crippen molar-refractivity contribution in [3.05, 3.63) is 32.0 Å². The third-order valence-corrected chi connectivity index (χ3v) is 6.83. The summed E-state index contributed by atoms with van der Waals surface area (Å²) in [5.74, 6) is -0.908. The van der Waals surface area contributed by atoms with E-state index in [-0.39, 0.29) is 24.0 Å². The molecule has 1 unspecified atom stereocenters. The van der Waals surface area contributed by atoms with Gasteiger partial charge in [-0.3, -0.25) is 24.5 Å². The van der Waals surface area contributed by atoms with Gasteiger partial charge in [0.1, 0.15) is 10.9 Å². The molecule has 1 saturated heterocycles. The summed E-state index contributed by atoms with van der Waals surface area (Å²) in [5.41, 5.74) is 2.13. The predicted octanol–water partition coefficient (Wildman–Crippen LogP) is 1.48. The fourth-order valence-electron chi connectivity index (χ4n) is 3.44. The molecule has 0 saturated carbocycles. The van der Waals surface area contributed by atoms with Crippen LogP contribution in [0.4, 0.5) is 0 Å². The van der Waals surface area contributed by atoms with Crippen LogP contribution in [-0.2, 0) is 22.6 Å². The summed E-state index contributed by atoms with van der Waals surface area (Å²) in [7, 11) is 0. The second kappa shape index (κ2) is 6.93. The summed E-state index contributed by atoms with van der Waals surface area (Å²) in [6, 6.07) is -0.618. The molecule has 1 fully saturated rings. The van der Waals surface area contributed by atoms with Crippen LogP contribution >= 0.6 is 22.9 Å². The third kappa shape index (κ3) is 3.19. The van der Waals surface area contributed by atoms with Gasteiger partial charge in [-0.25, -0.2) is 0 Å². The number of aryl methyl sites for hydroxylation is 2. The van der Waals surface area contributed by atoms with Crippen LogP contribution in [0.25, 0.3) is 0 Å². The smallest absolute Gasteiger partial charge is 0.256 e. The van der Waals surface area contributed by atoms with Crippen LogP contribution in [0.15, 0.2) is 5.38 Å². The Kier molecular flexibility index (Phi) is 4.60. The number of aromatic nitrogens is 2. The first-order valence-corrected chi connectivity index (χ1v) is 10.2. The molecular weight excluding hydrogens is 388 g/mol. The van der Waals surface area contributed by atoms with Gasteiger partial charge in [-0.2, -0.15) is 0 Å². The minimum Gasteiger partial charge on any atom is -0.322 e. The number of carbonyl (C=O) groups excluding carboxylic acids is 4. The van der Waals surface area contributed by atoms with E-state index in [2.05, 4.69) is 14.9 Å². The molecule has 0 radical (unpaired) electrons. The van der Waals surface area contributed by atoms with Crippen LogP contribution in [-0.4, -0.2) is 44.0 Å². The van der Waals surface area contributed by atoms with Crippen LogP contribution in [0.3, 0.4) is 0 Å². The average molecular weight is 404 g/mol. The first-order chi connectivity index (χ1) is 13.0. The van der Waals surface area contributed by atoms with Crippen LogP contribution in [0.5, 0.6) is 0 Å². The van der Waals surface area contributed by atoms with Crippen LogP contribution in [0, 0.1) is 6.92 Å². The van der Waals surface area contributed by atoms with Crippen LogP contribution in [0.1, 0.15) is 55.4 Å². The summed E-state index contributed by atoms with van der Waals surface area (Å²) in [4.78, 5) is 51.6. The second-order valence-corrected chi connectivity index (χ2v) is 8.28. The predicted molar refractivity (Wildman–Crippen MR) is 97.7 cm³/mol. The summed E-state index contributed by atoms with van der Waals surface area (Å²) in [6.07, 6.45) is 1.43. The van der Waals surface area contributed by atoms with E-state index in [1.54, 1.807) is 12.3 Å². The molecule has 2 aromatic rings. The van der Waals surface area contributed by atoms with E-state index in [9.17, 15) is 19.2 Å². The largest absolute Gasteiger partial charge is 0.322 e. The molecule has 140 valence electrons. The number of amides is 3. The molecule has 10 heteroatoms. The van der Waals surface area contributed by atoms with E-state index in [1.807, 2.05) is 0 Å². The Bertz CT molecular complexity index is 964. The number of rotatable bonds is 5. The van der Waals surface area contributed by atoms with Gasteiger partial charge >= 0.3 is 0 Å². The zero-order chi connectivity index (χ0) is 19.1. The number of hydrogen-bond acceptors (Lipinski definition) is 8. The summed E-state index contributed by atoms with van der Waals surface area (Å²) < 4.78 is 3.79. The number of nitrogens with zero attached hydrogens (tertiary/aromatic N) is 3. The van der Waals surface area contributed by atoms with Crippen LogP contribution < -0.4 is 5.32 Å². The van der Waals surface area contributed by atoms with Crippen molar-refractivity contribution in [1.29, 1.82) is 0 Å². The lowest BCUT2D eigenvalue weighted by Crippen LogP contribution is -2.52. The van der Waals surface area contributed by atoms with Crippen molar-refractivity contribution in [3.63, 3.8) is 0 Å². The van der Waals surface area contributed by atoms with E-state index >= 15 is 0 Å². The molecule has 2 aliphatic rings. The van der Waals surface area contributed by atoms with Crippen molar-refractivity contribution < 1.29 is 19.2 Å². The number of hydrogen-bond donors (Lipinski definition) is 1. The molecule has 0 bridgehead atoms. The van der Waals surface area contributed by atoms with Crippen molar-refractivity contribution in [3.8, 4) is 0 Å². The summed E-state index contributed by atoms with van der Waals surface area (Å²) in [6.45, 7) is 2.10. The van der Waals surface area contributed by atoms with E-state index in [1.165, 1.54) is 16.2 Å². The van der Waals surface area contributed by atoms with Gasteiger partial charge in [0.05, 0.1) is 11.3 Å². The molecule has 3 amide bonds. The Morgan fingerprint density at radius 3 is 2.89 bits per heavy atom. The standard InChI is InChI=1S/C17H16N4O4S2/c1-8-15(27-20-19-8)12(22)3-4-13-9-6-21(17(25)10(9)7-26-13)11-2-5-14(23)18-16(11)24/h7,11H,2-6H2,1H3,(H,18,23,24). The molecule has 0 spiro atoms. The lowest BCUT2D eigenvalue weighted by molar-refractivity contribution is -0.136. The van der Waals surface area contributed by atoms with Gasteiger partial charge in [0.15, 0.2) is 5.78 Å². The maximum Gasteiger partial charge on any atom is 0.256 e. The number of thiophene rings is 1. The van der Waals surface area contributed by atoms with Gasteiger partial charge in [0.2, 0.25) is 11.8 Å². The Morgan fingerprint density at radius 2 is 2.19 bits per heavy atom. The Morgan fingerprint density at radius 1 is 1.37 bits per heavy atom. The number of piperidine rings is 1. The van der Waals surface area contributed by atoms with E-state index in [0.29, 0.717) is 41.9 Å². The molecule has 27 heavy (non-hydrogen) atoms. The summed E-state index contributed by atoms with van der Waals surface area (Å²) in [5, 5.41) is 7.95. The molecule has 8 nitrogen and oxygen atoms in total. The van der Waals surface area contributed by atoms with E-state index in [4.69, 9.17) is 0 Å². The first-order valence-electron chi connectivity index (χ1n) is 8.51. The highest BCUT2D eigenvalue weighted by molar-refractivity contribution is 7.10. The van der Waals surface area contributed by atoms with Crippen LogP contribution in [0.2, 0.25) is 0 Å². The van der Waals surface area contributed by atoms with Gasteiger partial charge in [-0.05, 0) is 36.9 Å². The quantitative estimate of drug-likeness (QED) is 0.597.